The van der Waals surface area contributed by atoms with Crippen LogP contribution in [0.1, 0.15) is 16.7 Å². The molecule has 4 nitrogen and oxygen atoms in total. The highest BCUT2D eigenvalue weighted by molar-refractivity contribution is 6.12. The van der Waals surface area contributed by atoms with Crippen molar-refractivity contribution < 1.29 is 0 Å². The van der Waals surface area contributed by atoms with Crippen molar-refractivity contribution in [1.29, 1.82) is 5.26 Å². The van der Waals surface area contributed by atoms with Gasteiger partial charge in [-0.3, -0.25) is 0 Å². The van der Waals surface area contributed by atoms with Gasteiger partial charge in [-0.05, 0) is 78.6 Å². The number of nitrogens with zero attached hydrogens (tertiary/aromatic N) is 4. The Morgan fingerprint density at radius 3 is 1.82 bits per heavy atom. The highest BCUT2D eigenvalue weighted by Gasteiger charge is 2.24. The predicted octanol–water partition coefficient (Wildman–Crippen LogP) is 10.6. The summed E-state index contributed by atoms with van der Waals surface area (Å²) in [6, 6.07) is 44.0. The minimum absolute atomic E-state index is 0.554. The highest BCUT2D eigenvalue weighted by atomic mass is 15.1. The first-order valence-electron chi connectivity index (χ1n) is 14.6. The maximum atomic E-state index is 9.76. The maximum Gasteiger partial charge on any atom is 0.234 e. The predicted molar refractivity (Wildman–Crippen MR) is 181 cm³/mol. The molecule has 0 fully saturated rings. The molecule has 0 amide bonds. The average molecular weight is 563 g/mol. The first-order chi connectivity index (χ1) is 21.6. The van der Waals surface area contributed by atoms with E-state index in [1.807, 2.05) is 24.3 Å². The van der Waals surface area contributed by atoms with Crippen molar-refractivity contribution in [2.24, 2.45) is 0 Å². The van der Waals surface area contributed by atoms with Crippen molar-refractivity contribution >= 4 is 49.3 Å². The molecular formula is C40H26N4. The lowest BCUT2D eigenvalue weighted by atomic mass is 9.99. The number of benzene rings is 6. The fourth-order valence-corrected chi connectivity index (χ4v) is 6.74. The Morgan fingerprint density at radius 1 is 0.591 bits per heavy atom. The number of para-hydroxylation sites is 2. The molecule has 206 valence electrons. The first kappa shape index (κ1) is 25.6. The van der Waals surface area contributed by atoms with E-state index in [1.54, 1.807) is 0 Å². The Hall–Kier alpha value is -6.10. The molecule has 0 radical (unpaired) electrons. The molecule has 0 aliphatic heterocycles. The number of hydrogen-bond acceptors (Lipinski definition) is 1. The summed E-state index contributed by atoms with van der Waals surface area (Å²) < 4.78 is 4.49. The second-order valence-corrected chi connectivity index (χ2v) is 11.4. The number of hydrogen-bond donors (Lipinski definition) is 0. The van der Waals surface area contributed by atoms with Crippen LogP contribution in [0.4, 0.5) is 5.69 Å². The number of nitriles is 1. The van der Waals surface area contributed by atoms with E-state index in [9.17, 15) is 5.26 Å². The Bertz CT molecular complexity index is 2550. The van der Waals surface area contributed by atoms with Gasteiger partial charge in [0.25, 0.3) is 0 Å². The van der Waals surface area contributed by atoms with Crippen LogP contribution < -0.4 is 0 Å². The lowest BCUT2D eigenvalue weighted by Gasteiger charge is -2.20. The normalized spacial score (nSPS) is 11.4. The summed E-state index contributed by atoms with van der Waals surface area (Å²) in [4.78, 5) is 4.33. The van der Waals surface area contributed by atoms with Crippen molar-refractivity contribution in [1.82, 2.24) is 9.13 Å². The number of rotatable bonds is 3. The van der Waals surface area contributed by atoms with E-state index in [0.717, 1.165) is 77.2 Å². The quantitative estimate of drug-likeness (QED) is 0.197. The molecule has 6 aromatic carbocycles. The third-order valence-electron chi connectivity index (χ3n) is 8.67. The van der Waals surface area contributed by atoms with Gasteiger partial charge in [0.15, 0.2) is 0 Å². The fourth-order valence-electron chi connectivity index (χ4n) is 6.74. The monoisotopic (exact) mass is 562 g/mol. The van der Waals surface area contributed by atoms with Crippen LogP contribution in [0.3, 0.4) is 0 Å². The Morgan fingerprint density at radius 2 is 1.18 bits per heavy atom. The van der Waals surface area contributed by atoms with Gasteiger partial charge in [-0.25, -0.2) is 4.85 Å². The summed E-state index contributed by atoms with van der Waals surface area (Å²) in [5.41, 5.74) is 11.1. The van der Waals surface area contributed by atoms with E-state index in [1.165, 1.54) is 0 Å². The smallest absolute Gasteiger partial charge is 0.234 e. The standard InChI is InChI=1S/C40H26N4/c1-25-15-17-32-30-11-4-6-13-34(30)43(37(32)21-25)36-20-19-29(28-10-8-9-27(23-28)24-41)40(39(36)42-3)44-35-14-7-5-12-31(35)33-18-16-26(2)22-38(33)44/h4-23H,1-2H3. The molecule has 0 atom stereocenters. The van der Waals surface area contributed by atoms with E-state index >= 15 is 0 Å². The molecule has 2 aromatic heterocycles. The molecule has 0 saturated heterocycles. The van der Waals surface area contributed by atoms with Crippen LogP contribution in [-0.2, 0) is 0 Å². The van der Waals surface area contributed by atoms with Crippen molar-refractivity contribution in [3.8, 4) is 28.6 Å². The molecule has 0 unspecified atom stereocenters. The zero-order valence-electron chi connectivity index (χ0n) is 24.3. The van der Waals surface area contributed by atoms with Gasteiger partial charge in [-0.1, -0.05) is 78.9 Å². The summed E-state index contributed by atoms with van der Waals surface area (Å²) in [7, 11) is 0. The van der Waals surface area contributed by atoms with Crippen molar-refractivity contribution in [3.05, 3.63) is 149 Å². The second-order valence-electron chi connectivity index (χ2n) is 11.4. The van der Waals surface area contributed by atoms with E-state index in [-0.39, 0.29) is 0 Å². The summed E-state index contributed by atoms with van der Waals surface area (Å²) in [5, 5.41) is 14.3. The fraction of sp³-hybridized carbons (Fsp3) is 0.0500. The summed E-state index contributed by atoms with van der Waals surface area (Å²) >= 11 is 0. The van der Waals surface area contributed by atoms with Crippen LogP contribution in [0.15, 0.2) is 121 Å². The van der Waals surface area contributed by atoms with Crippen molar-refractivity contribution in [2.75, 3.05) is 0 Å². The maximum absolute atomic E-state index is 9.76. The van der Waals surface area contributed by atoms with Gasteiger partial charge in [-0.2, -0.15) is 5.26 Å². The van der Waals surface area contributed by atoms with E-state index < -0.39 is 0 Å². The van der Waals surface area contributed by atoms with Crippen LogP contribution in [0.2, 0.25) is 0 Å². The zero-order chi connectivity index (χ0) is 29.9. The minimum atomic E-state index is 0.554. The zero-order valence-corrected chi connectivity index (χ0v) is 24.3. The molecule has 0 aliphatic rings. The van der Waals surface area contributed by atoms with Crippen LogP contribution in [0.25, 0.3) is 71.0 Å². The molecular weight excluding hydrogens is 536 g/mol. The highest BCUT2D eigenvalue weighted by Crippen LogP contribution is 2.45. The Balaban J connectivity index is 1.59. The first-order valence-corrected chi connectivity index (χ1v) is 14.6. The van der Waals surface area contributed by atoms with E-state index in [2.05, 4.69) is 131 Å². The molecule has 2 heterocycles. The summed E-state index contributed by atoms with van der Waals surface area (Å²) in [6.45, 7) is 12.9. The topological polar surface area (TPSA) is 38.0 Å². The van der Waals surface area contributed by atoms with Crippen molar-refractivity contribution in [2.45, 2.75) is 13.8 Å². The molecule has 0 N–H and O–H groups in total. The van der Waals surface area contributed by atoms with Gasteiger partial charge < -0.3 is 9.13 Å². The molecule has 8 rings (SSSR count). The number of aryl methyl sites for hydroxylation is 2. The number of aromatic nitrogens is 2. The van der Waals surface area contributed by atoms with Crippen LogP contribution in [0.5, 0.6) is 0 Å². The van der Waals surface area contributed by atoms with Crippen molar-refractivity contribution in [3.63, 3.8) is 0 Å². The third kappa shape index (κ3) is 3.69. The molecule has 0 bridgehead atoms. The van der Waals surface area contributed by atoms with Gasteiger partial charge >= 0.3 is 0 Å². The van der Waals surface area contributed by atoms with E-state index in [4.69, 9.17) is 6.57 Å². The molecule has 0 aliphatic carbocycles. The number of fused-ring (bicyclic) bond motifs is 6. The van der Waals surface area contributed by atoms with Gasteiger partial charge in [0.05, 0.1) is 51.6 Å². The summed E-state index contributed by atoms with van der Waals surface area (Å²) in [6.07, 6.45) is 0. The van der Waals surface area contributed by atoms with Crippen LogP contribution >= 0.6 is 0 Å². The molecule has 0 spiro atoms. The Labute approximate surface area is 255 Å². The average Bonchev–Trinajstić information content (AvgIpc) is 3.55. The minimum Gasteiger partial charge on any atom is -0.319 e. The third-order valence-corrected chi connectivity index (χ3v) is 8.67. The van der Waals surface area contributed by atoms with Crippen LogP contribution in [-0.4, -0.2) is 9.13 Å². The molecule has 0 saturated carbocycles. The van der Waals surface area contributed by atoms with Gasteiger partial charge in [0, 0.05) is 21.5 Å². The lowest BCUT2D eigenvalue weighted by molar-refractivity contribution is 1.14. The van der Waals surface area contributed by atoms with Crippen LogP contribution in [0, 0.1) is 31.8 Å². The van der Waals surface area contributed by atoms with Gasteiger partial charge in [-0.15, -0.1) is 0 Å². The lowest BCUT2D eigenvalue weighted by Crippen LogP contribution is -2.02. The van der Waals surface area contributed by atoms with E-state index in [0.29, 0.717) is 11.3 Å². The van der Waals surface area contributed by atoms with Gasteiger partial charge in [0.2, 0.25) is 5.69 Å². The SMILES string of the molecule is [C-]#[N+]c1c(-n2c3ccccc3c3ccc(C)cc32)ccc(-c2cccc(C#N)c2)c1-n1c2ccccc2c2ccc(C)cc21. The largest absolute Gasteiger partial charge is 0.319 e. The second kappa shape index (κ2) is 9.73. The molecule has 44 heavy (non-hydrogen) atoms. The van der Waals surface area contributed by atoms with Gasteiger partial charge in [0.1, 0.15) is 0 Å². The molecule has 8 aromatic rings. The summed E-state index contributed by atoms with van der Waals surface area (Å²) in [5.74, 6) is 0. The molecule has 4 heteroatoms. The Kier molecular flexibility index (Phi) is 5.66.